The molecule has 0 aliphatic carbocycles. The normalized spacial score (nSPS) is 17.1. The highest BCUT2D eigenvalue weighted by molar-refractivity contribution is 7.46. The molecule has 1 spiro atoms. The van der Waals surface area contributed by atoms with Gasteiger partial charge in [-0.05, 0) is 48.7 Å². The Bertz CT molecular complexity index is 1230. The largest absolute Gasteiger partial charge is 0.469 e. The molecular weight excluding hydrogens is 509 g/mol. The van der Waals surface area contributed by atoms with Crippen molar-refractivity contribution in [1.29, 1.82) is 0 Å². The van der Waals surface area contributed by atoms with Crippen LogP contribution in [0.4, 0.5) is 25.0 Å². The number of amides is 2. The zero-order valence-corrected chi connectivity index (χ0v) is 21.1. The van der Waals surface area contributed by atoms with Gasteiger partial charge >= 0.3 is 13.9 Å². The van der Waals surface area contributed by atoms with Crippen LogP contribution >= 0.6 is 7.82 Å². The molecule has 37 heavy (non-hydrogen) atoms. The maximum Gasteiger partial charge on any atom is 0.469 e. The lowest BCUT2D eigenvalue weighted by atomic mass is 9.77. The molecule has 2 aromatic carbocycles. The van der Waals surface area contributed by atoms with Crippen LogP contribution in [0.25, 0.3) is 0 Å². The van der Waals surface area contributed by atoms with Crippen LogP contribution in [0, 0.1) is 11.6 Å². The van der Waals surface area contributed by atoms with E-state index in [0.717, 1.165) is 0 Å². The van der Waals surface area contributed by atoms with Gasteiger partial charge in [0.1, 0.15) is 11.6 Å². The first-order valence-electron chi connectivity index (χ1n) is 11.8. The van der Waals surface area contributed by atoms with Gasteiger partial charge in [0.25, 0.3) is 0 Å². The van der Waals surface area contributed by atoms with Gasteiger partial charge in [-0.3, -0.25) is 9.32 Å². The fourth-order valence-corrected chi connectivity index (χ4v) is 5.22. The highest BCUT2D eigenvalue weighted by Gasteiger charge is 2.45. The zero-order valence-electron chi connectivity index (χ0n) is 20.2. The van der Waals surface area contributed by atoms with Gasteiger partial charge in [-0.2, -0.15) is 0 Å². The maximum absolute atomic E-state index is 14.1. The van der Waals surface area contributed by atoms with Gasteiger partial charge in [0.15, 0.2) is 5.78 Å². The number of fused-ring (bicyclic) bond motifs is 1. The minimum absolute atomic E-state index is 0.0241. The molecule has 0 bridgehead atoms. The number of likely N-dealkylation sites (tertiary alicyclic amines) is 1. The van der Waals surface area contributed by atoms with Gasteiger partial charge in [-0.15, -0.1) is 0 Å². The molecule has 13 heteroatoms. The van der Waals surface area contributed by atoms with Gasteiger partial charge in [0, 0.05) is 50.9 Å². The summed E-state index contributed by atoms with van der Waals surface area (Å²) in [7, 11) is -2.70. The Labute approximate surface area is 212 Å². The first kappa shape index (κ1) is 27.0. The number of ketones is 1. The summed E-state index contributed by atoms with van der Waals surface area (Å²) in [5, 5.41) is 5.53. The monoisotopic (exact) mass is 538 g/mol. The average Bonchev–Trinajstić information content (AvgIpc) is 2.85. The van der Waals surface area contributed by atoms with Crippen molar-refractivity contribution in [3.05, 3.63) is 59.2 Å². The number of phosphoric ester groups is 1. The van der Waals surface area contributed by atoms with Crippen LogP contribution in [0.2, 0.25) is 0 Å². The third-order valence-electron chi connectivity index (χ3n) is 6.95. The van der Waals surface area contributed by atoms with Gasteiger partial charge in [0.2, 0.25) is 0 Å². The number of carbonyl (C=O) groups is 2. The molecule has 2 amide bonds. The Morgan fingerprint density at radius 2 is 1.89 bits per heavy atom. The molecule has 0 atom stereocenters. The second-order valence-electron chi connectivity index (χ2n) is 9.26. The Kier molecular flexibility index (Phi) is 7.84. The molecule has 200 valence electrons. The zero-order chi connectivity index (χ0) is 26.8. The summed E-state index contributed by atoms with van der Waals surface area (Å²) in [4.78, 5) is 46.7. The van der Waals surface area contributed by atoms with Crippen molar-refractivity contribution in [1.82, 2.24) is 10.2 Å². The van der Waals surface area contributed by atoms with Crippen molar-refractivity contribution in [2.75, 3.05) is 43.5 Å². The van der Waals surface area contributed by atoms with E-state index in [2.05, 4.69) is 15.2 Å². The van der Waals surface area contributed by atoms with Crippen molar-refractivity contribution in [3.8, 4) is 0 Å². The smallest absolute Gasteiger partial charge is 0.380 e. The Hall–Kier alpha value is -3.05. The highest BCUT2D eigenvalue weighted by atomic mass is 31.2. The number of nitrogens with one attached hydrogen (secondary N) is 2. The molecule has 1 saturated heterocycles. The number of halogens is 2. The molecule has 2 aromatic rings. The molecule has 0 unspecified atom stereocenters. The molecule has 2 aliphatic heterocycles. The molecule has 0 aromatic heterocycles. The summed E-state index contributed by atoms with van der Waals surface area (Å²) in [6.45, 7) is 0.686. The number of hydrogen-bond acceptors (Lipinski definition) is 6. The number of urea groups is 1. The van der Waals surface area contributed by atoms with E-state index in [4.69, 9.17) is 9.79 Å². The molecule has 4 N–H and O–H groups in total. The van der Waals surface area contributed by atoms with Crippen molar-refractivity contribution >= 4 is 31.0 Å². The lowest BCUT2D eigenvalue weighted by molar-refractivity contribution is 0.0890. The van der Waals surface area contributed by atoms with Gasteiger partial charge < -0.3 is 30.2 Å². The summed E-state index contributed by atoms with van der Waals surface area (Å²) in [6.07, 6.45) is 1.43. The third-order valence-corrected chi connectivity index (χ3v) is 7.47. The molecular formula is C24H29F2N4O6P. The number of hydrogen-bond donors (Lipinski definition) is 4. The van der Waals surface area contributed by atoms with Crippen LogP contribution in [0.1, 0.15) is 35.2 Å². The van der Waals surface area contributed by atoms with Crippen LogP contribution in [0.15, 0.2) is 36.4 Å². The number of anilines is 2. The predicted octanol–water partition coefficient (Wildman–Crippen LogP) is 3.25. The summed E-state index contributed by atoms with van der Waals surface area (Å²) in [6, 6.07) is 8.22. The minimum atomic E-state index is -4.60. The average molecular weight is 538 g/mol. The number of benzene rings is 2. The van der Waals surface area contributed by atoms with E-state index >= 15 is 0 Å². The van der Waals surface area contributed by atoms with Crippen LogP contribution in [0.3, 0.4) is 0 Å². The standard InChI is InChI=1S/C24H29F2N4O6P/c1-29-21-5-3-17(25)13-18(21)22(31)14-24(29)6-9-30(10-7-24)23(32)28-15-16-2-4-19(26)20(12-16)27-8-11-36-37(33,34)35/h2-5,12-13,27H,6-11,14-15H2,1H3,(H,28,32)(H2,33,34,35). The first-order chi connectivity index (χ1) is 17.5. The van der Waals surface area contributed by atoms with Crippen molar-refractivity contribution < 1.29 is 37.2 Å². The number of phosphoric acid groups is 1. The van der Waals surface area contributed by atoms with E-state index < -0.39 is 25.0 Å². The molecule has 0 saturated carbocycles. The SMILES string of the molecule is CN1c2ccc(F)cc2C(=O)CC12CCN(C(=O)NCc1ccc(F)c(NCCOP(=O)(O)O)c1)CC2. The van der Waals surface area contributed by atoms with E-state index in [1.165, 1.54) is 30.3 Å². The summed E-state index contributed by atoms with van der Waals surface area (Å²) < 4.78 is 42.8. The molecule has 2 aliphatic rings. The van der Waals surface area contributed by atoms with Crippen LogP contribution in [-0.2, 0) is 15.6 Å². The second kappa shape index (κ2) is 10.7. The molecule has 10 nitrogen and oxygen atoms in total. The number of Topliss-reactive ketones (excluding diaryl/α,β-unsaturated/α-hetero) is 1. The summed E-state index contributed by atoms with van der Waals surface area (Å²) >= 11 is 0. The maximum atomic E-state index is 14.1. The van der Waals surface area contributed by atoms with Gasteiger partial charge in [-0.25, -0.2) is 18.1 Å². The van der Waals surface area contributed by atoms with Crippen LogP contribution in [-0.4, -0.2) is 65.3 Å². The van der Waals surface area contributed by atoms with Gasteiger partial charge in [-0.1, -0.05) is 6.07 Å². The van der Waals surface area contributed by atoms with E-state index in [1.54, 1.807) is 11.0 Å². The highest BCUT2D eigenvalue weighted by Crippen LogP contribution is 2.42. The van der Waals surface area contributed by atoms with Crippen molar-refractivity contribution in [2.45, 2.75) is 31.3 Å². The van der Waals surface area contributed by atoms with Crippen LogP contribution in [0.5, 0.6) is 0 Å². The number of nitrogens with zero attached hydrogens (tertiary/aromatic N) is 2. The van der Waals surface area contributed by atoms with Gasteiger partial charge in [0.05, 0.1) is 17.8 Å². The second-order valence-corrected chi connectivity index (χ2v) is 10.5. The minimum Gasteiger partial charge on any atom is -0.380 e. The summed E-state index contributed by atoms with van der Waals surface area (Å²) in [5.41, 5.74) is 1.40. The number of piperidine rings is 1. The summed E-state index contributed by atoms with van der Waals surface area (Å²) in [5.74, 6) is -1.09. The van der Waals surface area contributed by atoms with E-state index in [9.17, 15) is 22.9 Å². The lowest BCUT2D eigenvalue weighted by Gasteiger charge is -2.50. The Morgan fingerprint density at radius 1 is 1.16 bits per heavy atom. The Balaban J connectivity index is 1.30. The van der Waals surface area contributed by atoms with Crippen molar-refractivity contribution in [2.24, 2.45) is 0 Å². The van der Waals surface area contributed by atoms with Crippen LogP contribution < -0.4 is 15.5 Å². The Morgan fingerprint density at radius 3 is 2.59 bits per heavy atom. The molecule has 0 radical (unpaired) electrons. The fourth-order valence-electron chi connectivity index (χ4n) is 4.89. The topological polar surface area (TPSA) is 131 Å². The quantitative estimate of drug-likeness (QED) is 0.312. The lowest BCUT2D eigenvalue weighted by Crippen LogP contribution is -2.59. The third kappa shape index (κ3) is 6.27. The number of carbonyl (C=O) groups excluding carboxylic acids is 2. The first-order valence-corrected chi connectivity index (χ1v) is 13.3. The fraction of sp³-hybridized carbons (Fsp3) is 0.417. The molecule has 2 heterocycles. The predicted molar refractivity (Wildman–Crippen MR) is 132 cm³/mol. The molecule has 4 rings (SSSR count). The van der Waals surface area contributed by atoms with E-state index in [-0.39, 0.29) is 43.6 Å². The van der Waals surface area contributed by atoms with Crippen molar-refractivity contribution in [3.63, 3.8) is 0 Å². The number of rotatable bonds is 7. The molecule has 1 fully saturated rings. The van der Waals surface area contributed by atoms with E-state index in [0.29, 0.717) is 42.7 Å². The van der Waals surface area contributed by atoms with E-state index in [1.807, 2.05) is 11.9 Å².